The fourth-order valence-electron chi connectivity index (χ4n) is 7.72. The van der Waals surface area contributed by atoms with Crippen LogP contribution in [0.3, 0.4) is 0 Å². The summed E-state index contributed by atoms with van der Waals surface area (Å²) in [6.07, 6.45) is 7.11. The molecule has 2 saturated heterocycles. The summed E-state index contributed by atoms with van der Waals surface area (Å²) in [5, 5.41) is 5.93. The van der Waals surface area contributed by atoms with Crippen LogP contribution in [0.15, 0.2) is 23.6 Å². The molecular weight excluding hydrogens is 520 g/mol. The van der Waals surface area contributed by atoms with E-state index in [1.807, 2.05) is 28.4 Å². The lowest BCUT2D eigenvalue weighted by atomic mass is 9.91. The molecule has 40 heavy (non-hydrogen) atoms. The van der Waals surface area contributed by atoms with Gasteiger partial charge in [0.2, 0.25) is 0 Å². The zero-order valence-corrected chi connectivity index (χ0v) is 24.2. The molecule has 0 spiro atoms. The number of piperidine rings is 2. The highest BCUT2D eigenvalue weighted by Crippen LogP contribution is 2.43. The molecule has 2 aliphatic carbocycles. The summed E-state index contributed by atoms with van der Waals surface area (Å²) in [4.78, 5) is 20.9. The molecule has 8 rings (SSSR count). The van der Waals surface area contributed by atoms with Crippen LogP contribution >= 0.6 is 11.3 Å². The number of amides is 1. The number of thiophene rings is 1. The van der Waals surface area contributed by atoms with E-state index in [9.17, 15) is 4.79 Å². The first-order chi connectivity index (χ1) is 19.5. The molecule has 210 valence electrons. The SMILES string of the molecule is COc1cc(C(=O)N2C[C@H]3CC[C@@H]2[C@@H]3N)cc2nc(-c3cc4scc(C5CCNCC5)c4n3CC3CC3)n(C)c12. The predicted octanol–water partition coefficient (Wildman–Crippen LogP) is 4.70. The van der Waals surface area contributed by atoms with Gasteiger partial charge in [-0.2, -0.15) is 0 Å². The maximum absolute atomic E-state index is 13.7. The molecule has 4 fully saturated rings. The normalized spacial score (nSPS) is 25.1. The van der Waals surface area contributed by atoms with Crippen LogP contribution in [-0.4, -0.2) is 63.8 Å². The molecule has 4 aliphatic rings. The fraction of sp³-hybridized carbons (Fsp3) is 0.548. The van der Waals surface area contributed by atoms with Crippen LogP contribution in [0.25, 0.3) is 32.8 Å². The zero-order valence-electron chi connectivity index (χ0n) is 23.4. The largest absolute Gasteiger partial charge is 0.494 e. The van der Waals surface area contributed by atoms with Gasteiger partial charge in [0.15, 0.2) is 5.82 Å². The quantitative estimate of drug-likeness (QED) is 0.358. The smallest absolute Gasteiger partial charge is 0.254 e. The summed E-state index contributed by atoms with van der Waals surface area (Å²) < 4.78 is 11.9. The summed E-state index contributed by atoms with van der Waals surface area (Å²) in [5.74, 6) is 3.43. The molecule has 8 nitrogen and oxygen atoms in total. The van der Waals surface area contributed by atoms with Gasteiger partial charge in [0.05, 0.1) is 28.5 Å². The van der Waals surface area contributed by atoms with Gasteiger partial charge < -0.3 is 29.8 Å². The Hall–Kier alpha value is -2.88. The number of hydrogen-bond donors (Lipinski definition) is 2. The lowest BCUT2D eigenvalue weighted by Crippen LogP contribution is -2.41. The van der Waals surface area contributed by atoms with E-state index in [0.29, 0.717) is 23.1 Å². The standard InChI is InChI=1S/C31H38N6O2S/c1-35-29-22(11-20(12-25(29)39-2)31(38)37-15-19-5-6-23(37)27(19)32)34-30(35)24-13-26-28(36(24)14-17-3-4-17)21(16-40-26)18-7-9-33-10-8-18/h11-13,16-19,23,27,33H,3-10,14-15,32H2,1-2H3/t19-,23-,27-/m1/s1. The Kier molecular flexibility index (Phi) is 5.80. The molecule has 0 radical (unpaired) electrons. The first-order valence-electron chi connectivity index (χ1n) is 14.9. The van der Waals surface area contributed by atoms with Crippen molar-refractivity contribution < 1.29 is 9.53 Å². The minimum Gasteiger partial charge on any atom is -0.494 e. The minimum absolute atomic E-state index is 0.0410. The van der Waals surface area contributed by atoms with Crippen LogP contribution in [-0.2, 0) is 13.6 Å². The Balaban J connectivity index is 1.23. The number of aromatic nitrogens is 3. The molecule has 9 heteroatoms. The van der Waals surface area contributed by atoms with E-state index >= 15 is 0 Å². The Labute approximate surface area is 238 Å². The molecule has 2 saturated carbocycles. The summed E-state index contributed by atoms with van der Waals surface area (Å²) in [6.45, 7) is 3.97. The number of rotatable bonds is 6. The molecule has 2 aliphatic heterocycles. The van der Waals surface area contributed by atoms with Crippen LogP contribution < -0.4 is 15.8 Å². The highest BCUT2D eigenvalue weighted by atomic mass is 32.1. The molecular formula is C31H38N6O2S. The number of methoxy groups -OCH3 is 1. The second kappa shape index (κ2) is 9.33. The van der Waals surface area contributed by atoms with E-state index in [1.54, 1.807) is 7.11 Å². The van der Waals surface area contributed by atoms with Crippen LogP contribution in [0, 0.1) is 11.8 Å². The van der Waals surface area contributed by atoms with Gasteiger partial charge in [-0.1, -0.05) is 0 Å². The molecule has 3 atom stereocenters. The van der Waals surface area contributed by atoms with Crippen molar-refractivity contribution in [1.82, 2.24) is 24.3 Å². The van der Waals surface area contributed by atoms with E-state index in [1.165, 1.54) is 47.2 Å². The monoisotopic (exact) mass is 558 g/mol. The summed E-state index contributed by atoms with van der Waals surface area (Å²) in [5.41, 5.74) is 12.9. The Morgan fingerprint density at radius 2 is 1.95 bits per heavy atom. The summed E-state index contributed by atoms with van der Waals surface area (Å²) in [7, 11) is 3.75. The topological polar surface area (TPSA) is 90.3 Å². The third-order valence-electron chi connectivity index (χ3n) is 10.1. The highest BCUT2D eigenvalue weighted by Gasteiger charge is 2.47. The second-order valence-corrected chi connectivity index (χ2v) is 13.4. The first kappa shape index (κ1) is 24.9. The maximum Gasteiger partial charge on any atom is 0.254 e. The van der Waals surface area contributed by atoms with E-state index in [-0.39, 0.29) is 18.0 Å². The number of aryl methyl sites for hydroxylation is 1. The van der Waals surface area contributed by atoms with E-state index in [0.717, 1.165) is 61.8 Å². The van der Waals surface area contributed by atoms with Crippen LogP contribution in [0.1, 0.15) is 60.4 Å². The number of benzene rings is 1. The van der Waals surface area contributed by atoms with Gasteiger partial charge in [0.1, 0.15) is 11.3 Å². The molecule has 2 bridgehead atoms. The average molecular weight is 559 g/mol. The third kappa shape index (κ3) is 3.77. The second-order valence-electron chi connectivity index (χ2n) is 12.5. The van der Waals surface area contributed by atoms with Crippen LogP contribution in [0.5, 0.6) is 5.75 Å². The van der Waals surface area contributed by atoms with Gasteiger partial charge in [-0.15, -0.1) is 11.3 Å². The van der Waals surface area contributed by atoms with Crippen molar-refractivity contribution >= 4 is 38.5 Å². The van der Waals surface area contributed by atoms with Gasteiger partial charge in [-0.25, -0.2) is 4.98 Å². The minimum atomic E-state index is 0.0410. The van der Waals surface area contributed by atoms with Gasteiger partial charge in [0, 0.05) is 37.8 Å². The molecule has 1 amide bonds. The van der Waals surface area contributed by atoms with Gasteiger partial charge in [-0.05, 0) is 98.5 Å². The molecule has 5 heterocycles. The molecule has 0 unspecified atom stereocenters. The van der Waals surface area contributed by atoms with Crippen molar-refractivity contribution in [3.8, 4) is 17.3 Å². The van der Waals surface area contributed by atoms with Crippen molar-refractivity contribution in [3.63, 3.8) is 0 Å². The summed E-state index contributed by atoms with van der Waals surface area (Å²) in [6, 6.07) is 6.43. The zero-order chi connectivity index (χ0) is 27.1. The van der Waals surface area contributed by atoms with E-state index in [4.69, 9.17) is 15.5 Å². The van der Waals surface area contributed by atoms with Crippen molar-refractivity contribution in [2.45, 2.75) is 63.1 Å². The molecule has 4 aromatic rings. The highest BCUT2D eigenvalue weighted by molar-refractivity contribution is 7.17. The van der Waals surface area contributed by atoms with Crippen molar-refractivity contribution in [1.29, 1.82) is 0 Å². The lowest BCUT2D eigenvalue weighted by molar-refractivity contribution is 0.0700. The number of nitrogens with one attached hydrogen (secondary N) is 1. The number of hydrogen-bond acceptors (Lipinski definition) is 6. The number of ether oxygens (including phenoxy) is 1. The van der Waals surface area contributed by atoms with E-state index in [2.05, 4.69) is 32.9 Å². The predicted molar refractivity (Wildman–Crippen MR) is 159 cm³/mol. The summed E-state index contributed by atoms with van der Waals surface area (Å²) >= 11 is 1.87. The van der Waals surface area contributed by atoms with Crippen LogP contribution in [0.4, 0.5) is 0 Å². The average Bonchev–Trinajstić information content (AvgIpc) is 3.21. The van der Waals surface area contributed by atoms with E-state index < -0.39 is 0 Å². The van der Waals surface area contributed by atoms with Crippen LogP contribution in [0.2, 0.25) is 0 Å². The fourth-order valence-corrected chi connectivity index (χ4v) is 8.79. The number of carbonyl (C=O) groups is 1. The Bertz CT molecular complexity index is 1620. The molecule has 3 aromatic heterocycles. The number of nitrogens with zero attached hydrogens (tertiary/aromatic N) is 4. The first-order valence-corrected chi connectivity index (χ1v) is 15.8. The van der Waals surface area contributed by atoms with Gasteiger partial charge in [-0.3, -0.25) is 4.79 Å². The number of nitrogens with two attached hydrogens (primary N) is 1. The number of imidazole rings is 1. The van der Waals surface area contributed by atoms with Crippen molar-refractivity contribution in [2.75, 3.05) is 26.7 Å². The third-order valence-corrected chi connectivity index (χ3v) is 11.0. The Morgan fingerprint density at radius 1 is 1.12 bits per heavy atom. The maximum atomic E-state index is 13.7. The molecule has 1 aromatic carbocycles. The van der Waals surface area contributed by atoms with Gasteiger partial charge in [0.25, 0.3) is 5.91 Å². The van der Waals surface area contributed by atoms with Gasteiger partial charge >= 0.3 is 0 Å². The van der Waals surface area contributed by atoms with Crippen molar-refractivity contribution in [2.24, 2.45) is 24.6 Å². The molecule has 3 N–H and O–H groups in total. The Morgan fingerprint density at radius 3 is 2.65 bits per heavy atom. The number of carbonyl (C=O) groups excluding carboxylic acids is 1. The van der Waals surface area contributed by atoms with Crippen molar-refractivity contribution in [3.05, 3.63) is 34.7 Å². The lowest BCUT2D eigenvalue weighted by Gasteiger charge is -2.27. The number of likely N-dealkylation sites (tertiary alicyclic amines) is 1. The number of fused-ring (bicyclic) bond motifs is 4.